The fourth-order valence-corrected chi connectivity index (χ4v) is 19.0. The van der Waals surface area contributed by atoms with Crippen LogP contribution in [0.2, 0.25) is 0 Å². The molecule has 31 heteroatoms. The Hall–Kier alpha value is -2.21. The second kappa shape index (κ2) is 27.8. The van der Waals surface area contributed by atoms with Gasteiger partial charge in [-0.1, -0.05) is 52.8 Å². The average Bonchev–Trinajstić information content (AvgIpc) is 0.660. The topological polar surface area (TPSA) is 492 Å². The second-order valence-electron chi connectivity index (χ2n) is 30.7. The van der Waals surface area contributed by atoms with Gasteiger partial charge in [0.1, 0.15) is 122 Å². The average molecular weight is 1380 g/mol. The third-order valence-electron chi connectivity index (χ3n) is 25.2. The van der Waals surface area contributed by atoms with Crippen molar-refractivity contribution in [1.82, 2.24) is 0 Å². The van der Waals surface area contributed by atoms with Crippen molar-refractivity contribution in [2.45, 2.75) is 303 Å². The molecule has 0 aromatic heterocycles. The Balaban J connectivity index is 0.865. The van der Waals surface area contributed by atoms with Crippen molar-refractivity contribution in [3.8, 4) is 0 Å². The Labute approximate surface area is 555 Å². The van der Waals surface area contributed by atoms with Crippen molar-refractivity contribution in [2.75, 3.05) is 26.4 Å². The molecule has 11 rings (SSSR count). The highest BCUT2D eigenvalue weighted by Crippen LogP contribution is 2.76. The van der Waals surface area contributed by atoms with Gasteiger partial charge >= 0.3 is 5.97 Å². The molecule has 0 aromatic rings. The zero-order valence-electron chi connectivity index (χ0n) is 55.4. The first-order valence-electron chi connectivity index (χ1n) is 33.8. The summed E-state index contributed by atoms with van der Waals surface area (Å²) < 4.78 is 73.7. The minimum Gasteiger partial charge on any atom is -0.432 e. The van der Waals surface area contributed by atoms with E-state index in [0.29, 0.717) is 44.1 Å². The van der Waals surface area contributed by atoms with E-state index in [4.69, 9.17) is 56.8 Å². The summed E-state index contributed by atoms with van der Waals surface area (Å²) in [5.41, 5.74) is -3.96. The lowest BCUT2D eigenvalue weighted by molar-refractivity contribution is -0.401. The standard InChI is InChI=1S/C65H104O31/c1-24-12-17-65(59(83)96-58-50(44(79)39(74)31(22-68)90-58)93-53-45(80)40(75)35(70)25(2)86-53)19-18-62(7)27(52(65)64(24,9)84)10-11-33-61(6)15-14-34(60(4,5)32(61)13-16-63(33,62)8)91-56-51(95-54-46(81)41(76)36(71)26(3)87-54)48(28(69)23-85-56)92-57-49(43(78)38(73)30(21-67)89-57)94-55-47(82)42(77)37(72)29(20-66)88-55/h10,25-26,28-58,66-82,84H,1,11-23H2,2-9H3/t25-,26-,28-,29+,30+,31+,32?,33+,34-,35-,36-,37+,38+,39+,40+,41+,42-,43-,44-,45+,46+,47+,48-,49+,50+,51+,52+,53-,54-,55-,56-,57-,58-,61-,62+,63+,64+,65-/m0/s1. The van der Waals surface area contributed by atoms with E-state index in [2.05, 4.69) is 47.3 Å². The van der Waals surface area contributed by atoms with Crippen molar-refractivity contribution in [3.05, 3.63) is 23.8 Å². The van der Waals surface area contributed by atoms with Crippen LogP contribution in [0.25, 0.3) is 0 Å². The maximum absolute atomic E-state index is 15.5. The van der Waals surface area contributed by atoms with Crippen LogP contribution in [-0.2, 0) is 61.6 Å². The lowest BCUT2D eigenvalue weighted by Crippen LogP contribution is -2.68. The number of hydrogen-bond acceptors (Lipinski definition) is 31. The van der Waals surface area contributed by atoms with Gasteiger partial charge in [-0.25, -0.2) is 0 Å². The zero-order valence-corrected chi connectivity index (χ0v) is 55.4. The Bertz CT molecular complexity index is 2760. The third kappa shape index (κ3) is 12.3. The molecule has 0 radical (unpaired) electrons. The molecule has 0 bridgehead atoms. The number of hydrogen-bond donors (Lipinski definition) is 18. The molecule has 6 aliphatic heterocycles. The summed E-state index contributed by atoms with van der Waals surface area (Å²) in [5, 5.41) is 198. The van der Waals surface area contributed by atoms with Gasteiger partial charge in [0.05, 0.1) is 55.8 Å². The Morgan fingerprint density at radius 1 is 0.510 bits per heavy atom. The van der Waals surface area contributed by atoms with Gasteiger partial charge in [0.15, 0.2) is 37.6 Å². The van der Waals surface area contributed by atoms with E-state index < -0.39 is 255 Å². The predicted octanol–water partition coefficient (Wildman–Crippen LogP) is -4.80. The van der Waals surface area contributed by atoms with Gasteiger partial charge in [0, 0.05) is 5.92 Å². The van der Waals surface area contributed by atoms with E-state index in [1.54, 1.807) is 6.92 Å². The molecule has 38 atom stereocenters. The lowest BCUT2D eigenvalue weighted by atomic mass is 9.33. The maximum atomic E-state index is 15.5. The Morgan fingerprint density at radius 3 is 1.54 bits per heavy atom. The normalized spacial score (nSPS) is 55.2. The molecule has 0 amide bonds. The van der Waals surface area contributed by atoms with E-state index in [0.717, 1.165) is 5.57 Å². The molecule has 6 saturated heterocycles. The fraction of sp³-hybridized carbons (Fsp3) is 0.923. The van der Waals surface area contributed by atoms with E-state index in [9.17, 15) is 91.9 Å². The lowest BCUT2D eigenvalue weighted by Gasteiger charge is -2.71. The number of rotatable bonds is 15. The van der Waals surface area contributed by atoms with Gasteiger partial charge in [0.25, 0.3) is 0 Å². The molecule has 10 fully saturated rings. The molecule has 6 heterocycles. The van der Waals surface area contributed by atoms with Crippen molar-refractivity contribution in [1.29, 1.82) is 0 Å². The van der Waals surface area contributed by atoms with Crippen LogP contribution in [0.5, 0.6) is 0 Å². The number of carbonyl (C=O) groups is 1. The van der Waals surface area contributed by atoms with Gasteiger partial charge in [-0.15, -0.1) is 0 Å². The van der Waals surface area contributed by atoms with Crippen LogP contribution >= 0.6 is 0 Å². The quantitative estimate of drug-likeness (QED) is 0.0416. The van der Waals surface area contributed by atoms with Gasteiger partial charge in [-0.2, -0.15) is 0 Å². The van der Waals surface area contributed by atoms with E-state index in [-0.39, 0.29) is 31.1 Å². The first-order valence-corrected chi connectivity index (χ1v) is 33.8. The van der Waals surface area contributed by atoms with Gasteiger partial charge < -0.3 is 149 Å². The van der Waals surface area contributed by atoms with E-state index in [1.807, 2.05) is 0 Å². The van der Waals surface area contributed by atoms with Gasteiger partial charge in [0.2, 0.25) is 6.29 Å². The second-order valence-corrected chi connectivity index (χ2v) is 30.7. The third-order valence-corrected chi connectivity index (χ3v) is 25.2. The van der Waals surface area contributed by atoms with Crippen LogP contribution in [-0.4, -0.2) is 314 Å². The maximum Gasteiger partial charge on any atom is 0.315 e. The van der Waals surface area contributed by atoms with Crippen LogP contribution in [0.4, 0.5) is 0 Å². The van der Waals surface area contributed by atoms with Crippen LogP contribution < -0.4 is 0 Å². The Kier molecular flexibility index (Phi) is 21.7. The smallest absolute Gasteiger partial charge is 0.315 e. The number of aliphatic hydroxyl groups excluding tert-OH is 17. The largest absolute Gasteiger partial charge is 0.432 e. The number of esters is 1. The van der Waals surface area contributed by atoms with Crippen LogP contribution in [0.3, 0.4) is 0 Å². The number of carbonyl (C=O) groups excluding carboxylic acids is 1. The first-order chi connectivity index (χ1) is 45.0. The van der Waals surface area contributed by atoms with E-state index in [1.165, 1.54) is 13.8 Å². The highest BCUT2D eigenvalue weighted by atomic mass is 16.8. The van der Waals surface area contributed by atoms with Crippen molar-refractivity contribution in [2.24, 2.45) is 44.8 Å². The first kappa shape index (κ1) is 75.0. The summed E-state index contributed by atoms with van der Waals surface area (Å²) in [4.78, 5) is 15.5. The summed E-state index contributed by atoms with van der Waals surface area (Å²) >= 11 is 0. The Morgan fingerprint density at radius 2 is 0.990 bits per heavy atom. The molecule has 96 heavy (non-hydrogen) atoms. The molecule has 0 spiro atoms. The summed E-state index contributed by atoms with van der Waals surface area (Å²) in [6.07, 6.45) is -44.1. The van der Waals surface area contributed by atoms with Crippen LogP contribution in [0.1, 0.15) is 113 Å². The number of aliphatic hydroxyl groups is 18. The highest BCUT2D eigenvalue weighted by Gasteiger charge is 2.72. The monoisotopic (exact) mass is 1380 g/mol. The fourth-order valence-electron chi connectivity index (χ4n) is 19.0. The SMILES string of the molecule is C=C1CC[C@]2(C(=O)O[C@@H]3O[C@H](CO)[C@@H](O)[C@H](O)[C@H]3O[C@@H]3O[C@@H](C)[C@H](O)[C@@H](O)[C@H]3O)CC[C@]3(C)C(=CC[C@@H]4[C@@]5(C)CC[C@H](O[C@@H]6OC[C@H](O)[C@H](O[C@@H]7O[C@H](CO)[C@@H](O)[C@H](O)[C@H]7O[C@@H]7O[C@H](CO)[C@@H](O)[C@H](O)[C@H]7O)[C@H]6O[C@@H]6O[C@@H](C)[C@H](O)[C@@H](O)[C@H]6O)C(C)(C)C5CC[C@]43C)[C@@H]2[C@]1(C)O. The summed E-state index contributed by atoms with van der Waals surface area (Å²) in [6, 6.07) is 0. The van der Waals surface area contributed by atoms with Gasteiger partial charge in [-0.3, -0.25) is 4.79 Å². The zero-order chi connectivity index (χ0) is 70.2. The summed E-state index contributed by atoms with van der Waals surface area (Å²) in [5.74, 6) is -1.77. The number of ether oxygens (including phenoxy) is 12. The van der Waals surface area contributed by atoms with Gasteiger partial charge in [-0.05, 0) is 118 Å². The molecule has 18 N–H and O–H groups in total. The van der Waals surface area contributed by atoms with Crippen LogP contribution in [0.15, 0.2) is 23.8 Å². The molecule has 550 valence electrons. The molecule has 5 aliphatic carbocycles. The minimum absolute atomic E-state index is 0.000558. The highest BCUT2D eigenvalue weighted by molar-refractivity contribution is 5.80. The predicted molar refractivity (Wildman–Crippen MR) is 321 cm³/mol. The molecule has 0 aromatic carbocycles. The molecule has 11 aliphatic rings. The van der Waals surface area contributed by atoms with Crippen molar-refractivity contribution < 1.29 is 154 Å². The minimum atomic E-state index is -2.01. The van der Waals surface area contributed by atoms with Crippen LogP contribution in [0, 0.1) is 44.8 Å². The molecular weight excluding hydrogens is 1280 g/mol. The summed E-state index contributed by atoms with van der Waals surface area (Å²) in [6.45, 7) is 16.8. The molecule has 1 unspecified atom stereocenters. The molecule has 4 saturated carbocycles. The van der Waals surface area contributed by atoms with Crippen molar-refractivity contribution >= 4 is 5.97 Å². The molecular formula is C65H104O31. The molecule has 31 nitrogen and oxygen atoms in total. The summed E-state index contributed by atoms with van der Waals surface area (Å²) in [7, 11) is 0. The number of fused-ring (bicyclic) bond motifs is 7. The van der Waals surface area contributed by atoms with E-state index >= 15 is 4.79 Å². The number of allylic oxidation sites excluding steroid dienone is 1. The van der Waals surface area contributed by atoms with Crippen molar-refractivity contribution in [3.63, 3.8) is 0 Å².